The summed E-state index contributed by atoms with van der Waals surface area (Å²) in [6.07, 6.45) is 17.3. The van der Waals surface area contributed by atoms with Gasteiger partial charge in [-0.3, -0.25) is 5.21 Å². The van der Waals surface area contributed by atoms with Crippen LogP contribution in [-0.4, -0.2) is 23.5 Å². The van der Waals surface area contributed by atoms with Gasteiger partial charge in [0.1, 0.15) is 0 Å². The summed E-state index contributed by atoms with van der Waals surface area (Å²) in [5.74, 6) is 5.94. The van der Waals surface area contributed by atoms with Gasteiger partial charge in [0, 0.05) is 45.9 Å². The van der Waals surface area contributed by atoms with Gasteiger partial charge in [0.15, 0.2) is 0 Å². The van der Waals surface area contributed by atoms with Gasteiger partial charge in [-0.05, 0) is 104 Å². The minimum atomic E-state index is 0. The van der Waals surface area contributed by atoms with Crippen LogP contribution in [0.25, 0.3) is 0 Å². The molecule has 1 aromatic heterocycles. The van der Waals surface area contributed by atoms with Gasteiger partial charge in [0.05, 0.1) is 0 Å². The van der Waals surface area contributed by atoms with E-state index in [4.69, 9.17) is 4.74 Å². The van der Waals surface area contributed by atoms with Gasteiger partial charge in [-0.1, -0.05) is 135 Å². The van der Waals surface area contributed by atoms with E-state index in [0.717, 1.165) is 67.0 Å². The molecule has 259 valence electrons. The first kappa shape index (κ1) is 50.5. The quantitative estimate of drug-likeness (QED) is 0.120. The van der Waals surface area contributed by atoms with E-state index in [1.54, 1.807) is 0 Å². The van der Waals surface area contributed by atoms with Crippen molar-refractivity contribution in [3.05, 3.63) is 35.7 Å². The SMILES string of the molecule is CC(C)C/C=C/CC(C)C.CC(C)C/C=C\CC(C)C.CC(C)CCOCC(C)C.CC(C)Cc1nn[n-]c1CC(C)C.[Y]. The molecule has 1 rings (SSSR count). The Kier molecular flexibility index (Phi) is 39.1. The van der Waals surface area contributed by atoms with E-state index < -0.39 is 0 Å². The van der Waals surface area contributed by atoms with Crippen LogP contribution in [0.3, 0.4) is 0 Å². The summed E-state index contributed by atoms with van der Waals surface area (Å²) in [6.45, 7) is 37.4. The van der Waals surface area contributed by atoms with Crippen molar-refractivity contribution in [1.29, 1.82) is 0 Å². The summed E-state index contributed by atoms with van der Waals surface area (Å²) in [5.41, 5.74) is 2.17. The molecule has 0 saturated heterocycles. The minimum absolute atomic E-state index is 0. The van der Waals surface area contributed by atoms with E-state index in [1.807, 2.05) is 0 Å². The molecule has 1 aromatic rings. The zero-order valence-electron chi connectivity index (χ0n) is 32.6. The molecule has 0 aliphatic carbocycles. The molecular formula is C39H78N3OY-. The fourth-order valence-corrected chi connectivity index (χ4v) is 3.45. The zero-order chi connectivity index (χ0) is 33.8. The smallest absolute Gasteiger partial charge is 0.0488 e. The van der Waals surface area contributed by atoms with Gasteiger partial charge in [-0.2, -0.15) is 0 Å². The Morgan fingerprint density at radius 2 is 0.909 bits per heavy atom. The summed E-state index contributed by atoms with van der Waals surface area (Å²) in [5, 5.41) is 11.8. The first-order valence-corrected chi connectivity index (χ1v) is 17.7. The second kappa shape index (κ2) is 34.0. The molecule has 0 amide bonds. The van der Waals surface area contributed by atoms with Crippen molar-refractivity contribution in [2.24, 2.45) is 47.3 Å². The number of hydrogen-bond acceptors (Lipinski definition) is 3. The maximum absolute atomic E-state index is 5.41. The van der Waals surface area contributed by atoms with E-state index in [9.17, 15) is 0 Å². The molecule has 0 atom stereocenters. The average Bonchev–Trinajstić information content (AvgIpc) is 3.28. The van der Waals surface area contributed by atoms with Crippen LogP contribution in [0.4, 0.5) is 0 Å². The number of nitrogens with zero attached hydrogens (tertiary/aromatic N) is 3. The summed E-state index contributed by atoms with van der Waals surface area (Å²) >= 11 is 0. The summed E-state index contributed by atoms with van der Waals surface area (Å²) in [4.78, 5) is 0. The Morgan fingerprint density at radius 3 is 1.20 bits per heavy atom. The van der Waals surface area contributed by atoms with Gasteiger partial charge < -0.3 is 14.9 Å². The Bertz CT molecular complexity index is 662. The van der Waals surface area contributed by atoms with Crippen LogP contribution < -0.4 is 5.10 Å². The number of ether oxygens (including phenoxy) is 1. The third kappa shape index (κ3) is 46.1. The molecule has 0 saturated carbocycles. The van der Waals surface area contributed by atoms with Crippen molar-refractivity contribution in [3.8, 4) is 0 Å². The fraction of sp³-hybridized carbons (Fsp3) is 0.846. The minimum Gasteiger partial charge on any atom is -0.381 e. The van der Waals surface area contributed by atoms with Gasteiger partial charge in [-0.15, -0.1) is 0 Å². The van der Waals surface area contributed by atoms with Crippen LogP contribution in [0.2, 0.25) is 0 Å². The molecule has 0 aliphatic rings. The van der Waals surface area contributed by atoms with Crippen molar-refractivity contribution in [3.63, 3.8) is 0 Å². The van der Waals surface area contributed by atoms with Gasteiger partial charge in [-0.25, -0.2) is 0 Å². The van der Waals surface area contributed by atoms with Crippen molar-refractivity contribution in [1.82, 2.24) is 15.4 Å². The maximum atomic E-state index is 5.41. The molecule has 0 spiro atoms. The van der Waals surface area contributed by atoms with Crippen LogP contribution in [0.1, 0.15) is 154 Å². The first-order valence-electron chi connectivity index (χ1n) is 17.7. The van der Waals surface area contributed by atoms with Gasteiger partial charge >= 0.3 is 0 Å². The largest absolute Gasteiger partial charge is 0.381 e. The first-order chi connectivity index (χ1) is 20.0. The number of hydrogen-bond donors (Lipinski definition) is 0. The van der Waals surface area contributed by atoms with Crippen molar-refractivity contribution >= 4 is 0 Å². The third-order valence-corrected chi connectivity index (χ3v) is 5.92. The molecule has 0 N–H and O–H groups in total. The molecule has 0 aliphatic heterocycles. The zero-order valence-corrected chi connectivity index (χ0v) is 35.5. The molecule has 1 heterocycles. The van der Waals surface area contributed by atoms with Crippen LogP contribution in [0, 0.1) is 47.3 Å². The number of allylic oxidation sites excluding steroid dienone is 4. The third-order valence-electron chi connectivity index (χ3n) is 5.92. The standard InChI is InChI=1S/C10H18N3.2C10H20.C9H20O.Y/c1-7(2)5-9-10(6-8(3)4)12-13-11-9;2*1-9(2)7-5-6-8-10(3)4;1-8(2)5-6-10-7-9(3)4;/h7-8H,5-6H2,1-4H3;2*5-6,9-10H,7-8H2,1-4H3;8-9H,5-7H2,1-4H3;/q-1;;;;/b;6-5+;6-5-;;. The number of rotatable bonds is 17. The Morgan fingerprint density at radius 1 is 0.523 bits per heavy atom. The van der Waals surface area contributed by atoms with Crippen molar-refractivity contribution in [2.45, 2.75) is 156 Å². The average molecular weight is 694 g/mol. The van der Waals surface area contributed by atoms with E-state index in [0.29, 0.717) is 17.8 Å². The van der Waals surface area contributed by atoms with E-state index in [2.05, 4.69) is 150 Å². The molecule has 0 fully saturated rings. The summed E-state index contributed by atoms with van der Waals surface area (Å²) in [6, 6.07) is 0. The Balaban J connectivity index is -0.000000243. The monoisotopic (exact) mass is 694 g/mol. The maximum Gasteiger partial charge on any atom is 0.0488 e. The van der Waals surface area contributed by atoms with E-state index in [-0.39, 0.29) is 32.7 Å². The van der Waals surface area contributed by atoms with Crippen LogP contribution in [-0.2, 0) is 50.3 Å². The second-order valence-corrected chi connectivity index (χ2v) is 15.5. The fourth-order valence-electron chi connectivity index (χ4n) is 3.45. The molecule has 0 aromatic carbocycles. The van der Waals surface area contributed by atoms with E-state index >= 15 is 0 Å². The van der Waals surface area contributed by atoms with Gasteiger partial charge in [0.25, 0.3) is 0 Å². The van der Waals surface area contributed by atoms with Crippen LogP contribution in [0.15, 0.2) is 24.3 Å². The van der Waals surface area contributed by atoms with Crippen molar-refractivity contribution < 1.29 is 37.4 Å². The molecule has 44 heavy (non-hydrogen) atoms. The predicted octanol–water partition coefficient (Wildman–Crippen LogP) is 11.8. The van der Waals surface area contributed by atoms with Crippen LogP contribution >= 0.6 is 0 Å². The molecular weight excluding hydrogens is 615 g/mol. The molecule has 5 heteroatoms. The summed E-state index contributed by atoms with van der Waals surface area (Å²) in [7, 11) is 0. The predicted molar refractivity (Wildman–Crippen MR) is 194 cm³/mol. The molecule has 0 unspecified atom stereocenters. The normalized spacial score (nSPS) is 11.5. The van der Waals surface area contributed by atoms with Crippen molar-refractivity contribution in [2.75, 3.05) is 13.2 Å². The summed E-state index contributed by atoms with van der Waals surface area (Å²) < 4.78 is 5.41. The van der Waals surface area contributed by atoms with E-state index in [1.165, 1.54) is 32.1 Å². The van der Waals surface area contributed by atoms with Crippen LogP contribution in [0.5, 0.6) is 0 Å². The Labute approximate surface area is 303 Å². The molecule has 1 radical (unpaired) electrons. The molecule has 4 nitrogen and oxygen atoms in total. The van der Waals surface area contributed by atoms with Gasteiger partial charge in [0.2, 0.25) is 0 Å². The second-order valence-electron chi connectivity index (χ2n) is 15.5. The number of aromatic nitrogens is 3. The topological polar surface area (TPSA) is 49.1 Å². The molecule has 0 bridgehead atoms. The Hall–Kier alpha value is -0.316.